The van der Waals surface area contributed by atoms with Crippen molar-refractivity contribution in [3.63, 3.8) is 0 Å². The van der Waals surface area contributed by atoms with Gasteiger partial charge >= 0.3 is 0 Å². The second-order valence-electron chi connectivity index (χ2n) is 6.21. The molecule has 2 fully saturated rings. The van der Waals surface area contributed by atoms with Crippen molar-refractivity contribution >= 4 is 17.5 Å². The molecule has 0 N–H and O–H groups in total. The molecule has 2 saturated heterocycles. The van der Waals surface area contributed by atoms with Crippen molar-refractivity contribution in [2.24, 2.45) is 0 Å². The van der Waals surface area contributed by atoms with Gasteiger partial charge in [0.15, 0.2) is 0 Å². The van der Waals surface area contributed by atoms with Crippen LogP contribution >= 0.6 is 0 Å². The number of carbonyl (C=O) groups excluding carboxylic acids is 2. The maximum atomic E-state index is 12.7. The van der Waals surface area contributed by atoms with Gasteiger partial charge in [0.25, 0.3) is 5.91 Å². The van der Waals surface area contributed by atoms with E-state index >= 15 is 0 Å². The number of hydrogen-bond donors (Lipinski definition) is 0. The van der Waals surface area contributed by atoms with Crippen LogP contribution in [0.5, 0.6) is 0 Å². The van der Waals surface area contributed by atoms with E-state index in [2.05, 4.69) is 11.8 Å². The minimum Gasteiger partial charge on any atom is -0.379 e. The summed E-state index contributed by atoms with van der Waals surface area (Å²) in [5.74, 6) is -0.203. The van der Waals surface area contributed by atoms with Gasteiger partial charge in [-0.15, -0.1) is 0 Å². The number of imide groups is 1. The van der Waals surface area contributed by atoms with E-state index in [-0.39, 0.29) is 24.3 Å². The van der Waals surface area contributed by atoms with Gasteiger partial charge in [0.05, 0.1) is 31.4 Å². The molecule has 2 amide bonds. The van der Waals surface area contributed by atoms with E-state index < -0.39 is 0 Å². The third-order valence-electron chi connectivity index (χ3n) is 4.62. The van der Waals surface area contributed by atoms with E-state index in [0.717, 1.165) is 19.3 Å². The van der Waals surface area contributed by atoms with E-state index in [4.69, 9.17) is 4.74 Å². The second kappa shape index (κ2) is 7.23. The van der Waals surface area contributed by atoms with Crippen molar-refractivity contribution in [2.45, 2.75) is 38.6 Å². The van der Waals surface area contributed by atoms with Gasteiger partial charge in [-0.05, 0) is 30.5 Å². The molecule has 0 bridgehead atoms. The van der Waals surface area contributed by atoms with E-state index in [1.807, 2.05) is 24.3 Å². The number of benzene rings is 1. The summed E-state index contributed by atoms with van der Waals surface area (Å²) >= 11 is 0. The highest BCUT2D eigenvalue weighted by Crippen LogP contribution is 2.26. The predicted molar refractivity (Wildman–Crippen MR) is 88.3 cm³/mol. The lowest BCUT2D eigenvalue weighted by molar-refractivity contribution is -0.123. The number of aryl methyl sites for hydroxylation is 1. The Labute approximate surface area is 137 Å². The first-order valence-corrected chi connectivity index (χ1v) is 8.48. The number of anilines is 1. The molecule has 1 aromatic rings. The van der Waals surface area contributed by atoms with Crippen molar-refractivity contribution in [2.75, 3.05) is 31.2 Å². The molecule has 23 heavy (non-hydrogen) atoms. The van der Waals surface area contributed by atoms with Gasteiger partial charge in [-0.2, -0.15) is 0 Å². The van der Waals surface area contributed by atoms with Crippen molar-refractivity contribution in [1.82, 2.24) is 4.90 Å². The summed E-state index contributed by atoms with van der Waals surface area (Å²) < 4.78 is 5.33. The molecule has 0 spiro atoms. The zero-order chi connectivity index (χ0) is 16.2. The van der Waals surface area contributed by atoms with Crippen LogP contribution in [0.15, 0.2) is 24.3 Å². The lowest BCUT2D eigenvalue weighted by Crippen LogP contribution is -2.47. The van der Waals surface area contributed by atoms with Crippen LogP contribution in [0, 0.1) is 0 Å². The number of rotatable bonds is 5. The van der Waals surface area contributed by atoms with Crippen LogP contribution in [0.1, 0.15) is 31.7 Å². The average molecular weight is 316 g/mol. The topological polar surface area (TPSA) is 49.9 Å². The highest BCUT2D eigenvalue weighted by atomic mass is 16.5. The third-order valence-corrected chi connectivity index (χ3v) is 4.62. The minimum absolute atomic E-state index is 0.0989. The quantitative estimate of drug-likeness (QED) is 0.780. The van der Waals surface area contributed by atoms with E-state index in [0.29, 0.717) is 32.0 Å². The van der Waals surface area contributed by atoms with Gasteiger partial charge in [-0.25, -0.2) is 4.90 Å². The molecular weight excluding hydrogens is 292 g/mol. The largest absolute Gasteiger partial charge is 0.379 e. The first-order chi connectivity index (χ1) is 11.2. The summed E-state index contributed by atoms with van der Waals surface area (Å²) in [6, 6.07) is 7.50. The van der Waals surface area contributed by atoms with Gasteiger partial charge < -0.3 is 4.74 Å². The molecular formula is C18H24N2O3. The predicted octanol–water partition coefficient (Wildman–Crippen LogP) is 1.99. The zero-order valence-corrected chi connectivity index (χ0v) is 13.7. The summed E-state index contributed by atoms with van der Waals surface area (Å²) in [6.45, 7) is 4.86. The summed E-state index contributed by atoms with van der Waals surface area (Å²) in [6.07, 6.45) is 3.62. The maximum absolute atomic E-state index is 12.7. The van der Waals surface area contributed by atoms with Gasteiger partial charge in [-0.1, -0.05) is 25.5 Å². The molecule has 0 aromatic heterocycles. The van der Waals surface area contributed by atoms with Crippen LogP contribution in [0.2, 0.25) is 0 Å². The minimum atomic E-state index is -0.328. The molecule has 0 unspecified atom stereocenters. The average Bonchev–Trinajstić information content (AvgIpc) is 2.89. The Morgan fingerprint density at radius 1 is 1.13 bits per heavy atom. The Kier molecular flexibility index (Phi) is 5.08. The molecule has 2 aliphatic heterocycles. The number of unbranched alkanes of at least 4 members (excludes halogenated alkanes) is 1. The van der Waals surface area contributed by atoms with Gasteiger partial charge in [-0.3, -0.25) is 14.5 Å². The highest BCUT2D eigenvalue weighted by Gasteiger charge is 2.42. The van der Waals surface area contributed by atoms with E-state index in [1.165, 1.54) is 10.5 Å². The molecule has 0 saturated carbocycles. The first-order valence-electron chi connectivity index (χ1n) is 8.48. The number of morpholine rings is 1. The number of ether oxygens (including phenoxy) is 1. The summed E-state index contributed by atoms with van der Waals surface area (Å²) in [5, 5.41) is 0. The summed E-state index contributed by atoms with van der Waals surface area (Å²) in [4.78, 5) is 28.5. The Bertz CT molecular complexity index is 564. The standard InChI is InChI=1S/C18H24N2O3/c1-2-3-4-14-5-7-15(8-6-14)20-17(21)13-16(18(20)22)19-9-11-23-12-10-19/h5-8,16H,2-4,9-13H2,1H3/t16-/m1/s1. The Morgan fingerprint density at radius 2 is 1.83 bits per heavy atom. The van der Waals surface area contributed by atoms with Gasteiger partial charge in [0.1, 0.15) is 0 Å². The molecule has 0 aliphatic carbocycles. The Hall–Kier alpha value is -1.72. The zero-order valence-electron chi connectivity index (χ0n) is 13.7. The second-order valence-corrected chi connectivity index (χ2v) is 6.21. The van der Waals surface area contributed by atoms with Crippen molar-refractivity contribution in [3.8, 4) is 0 Å². The van der Waals surface area contributed by atoms with Gasteiger partial charge in [0, 0.05) is 13.1 Å². The van der Waals surface area contributed by atoms with Crippen molar-refractivity contribution < 1.29 is 14.3 Å². The number of amides is 2. The smallest absolute Gasteiger partial charge is 0.251 e. The van der Waals surface area contributed by atoms with Crippen LogP contribution in [-0.4, -0.2) is 49.1 Å². The van der Waals surface area contributed by atoms with Crippen LogP contribution in [-0.2, 0) is 20.7 Å². The lowest BCUT2D eigenvalue weighted by atomic mass is 10.1. The number of hydrogen-bond acceptors (Lipinski definition) is 4. The summed E-state index contributed by atoms with van der Waals surface area (Å²) in [5.41, 5.74) is 1.94. The third kappa shape index (κ3) is 3.46. The fourth-order valence-corrected chi connectivity index (χ4v) is 3.25. The van der Waals surface area contributed by atoms with Crippen LogP contribution < -0.4 is 4.90 Å². The van der Waals surface area contributed by atoms with Crippen molar-refractivity contribution in [3.05, 3.63) is 29.8 Å². The molecule has 0 radical (unpaired) electrons. The molecule has 1 aromatic carbocycles. The van der Waals surface area contributed by atoms with E-state index in [1.54, 1.807) is 0 Å². The molecule has 5 nitrogen and oxygen atoms in total. The Morgan fingerprint density at radius 3 is 2.48 bits per heavy atom. The molecule has 2 heterocycles. The fourth-order valence-electron chi connectivity index (χ4n) is 3.25. The fraction of sp³-hybridized carbons (Fsp3) is 0.556. The normalized spacial score (nSPS) is 22.8. The summed E-state index contributed by atoms with van der Waals surface area (Å²) in [7, 11) is 0. The molecule has 1 atom stereocenters. The first kappa shape index (κ1) is 16.1. The van der Waals surface area contributed by atoms with Crippen LogP contribution in [0.4, 0.5) is 5.69 Å². The molecule has 124 valence electrons. The number of nitrogens with zero attached hydrogens (tertiary/aromatic N) is 2. The van der Waals surface area contributed by atoms with Gasteiger partial charge in [0.2, 0.25) is 5.91 Å². The molecule has 3 rings (SSSR count). The SMILES string of the molecule is CCCCc1ccc(N2C(=O)C[C@@H](N3CCOCC3)C2=O)cc1. The highest BCUT2D eigenvalue weighted by molar-refractivity contribution is 6.22. The maximum Gasteiger partial charge on any atom is 0.251 e. The molecule has 2 aliphatic rings. The lowest BCUT2D eigenvalue weighted by Gasteiger charge is -2.30. The van der Waals surface area contributed by atoms with Crippen LogP contribution in [0.3, 0.4) is 0 Å². The molecule has 5 heteroatoms. The van der Waals surface area contributed by atoms with Crippen LogP contribution in [0.25, 0.3) is 0 Å². The van der Waals surface area contributed by atoms with E-state index in [9.17, 15) is 9.59 Å². The monoisotopic (exact) mass is 316 g/mol. The Balaban J connectivity index is 1.71. The number of carbonyl (C=O) groups is 2. The van der Waals surface area contributed by atoms with Crippen molar-refractivity contribution in [1.29, 1.82) is 0 Å².